The van der Waals surface area contributed by atoms with E-state index in [0.717, 1.165) is 36.6 Å². The Balaban J connectivity index is 0.00000288. The van der Waals surface area contributed by atoms with Crippen LogP contribution in [0.15, 0.2) is 42.5 Å². The summed E-state index contributed by atoms with van der Waals surface area (Å²) in [4.78, 5) is 0. The zero-order valence-corrected chi connectivity index (χ0v) is 15.8. The molecule has 0 amide bonds. The molecule has 3 nitrogen and oxygen atoms in total. The Morgan fingerprint density at radius 1 is 1.00 bits per heavy atom. The van der Waals surface area contributed by atoms with Gasteiger partial charge in [0.05, 0.1) is 6.61 Å². The van der Waals surface area contributed by atoms with Crippen molar-refractivity contribution in [2.45, 2.75) is 33.4 Å². The van der Waals surface area contributed by atoms with E-state index >= 15 is 0 Å². The minimum atomic E-state index is 0. The summed E-state index contributed by atoms with van der Waals surface area (Å²) >= 11 is 6.17. The monoisotopic (exact) mass is 369 g/mol. The van der Waals surface area contributed by atoms with Crippen LogP contribution in [0.25, 0.3) is 0 Å². The van der Waals surface area contributed by atoms with Gasteiger partial charge < -0.3 is 14.8 Å². The molecule has 132 valence electrons. The zero-order chi connectivity index (χ0) is 16.5. The molecular formula is C19H25Cl2NO2. The highest BCUT2D eigenvalue weighted by Gasteiger charge is 2.08. The minimum absolute atomic E-state index is 0. The molecule has 2 aromatic rings. The topological polar surface area (TPSA) is 30.5 Å². The molecule has 0 spiro atoms. The molecule has 0 unspecified atom stereocenters. The average Bonchev–Trinajstić information content (AvgIpc) is 2.56. The third kappa shape index (κ3) is 6.23. The van der Waals surface area contributed by atoms with E-state index in [1.54, 1.807) is 0 Å². The lowest BCUT2D eigenvalue weighted by molar-refractivity contribution is 0.269. The average molecular weight is 370 g/mol. The summed E-state index contributed by atoms with van der Waals surface area (Å²) in [6, 6.07) is 13.8. The van der Waals surface area contributed by atoms with Gasteiger partial charge in [0.15, 0.2) is 11.5 Å². The number of halogens is 2. The van der Waals surface area contributed by atoms with Gasteiger partial charge in [-0.1, -0.05) is 42.8 Å². The first-order valence-electron chi connectivity index (χ1n) is 8.07. The predicted molar refractivity (Wildman–Crippen MR) is 103 cm³/mol. The van der Waals surface area contributed by atoms with Crippen molar-refractivity contribution in [3.63, 3.8) is 0 Å². The van der Waals surface area contributed by atoms with Gasteiger partial charge in [0.25, 0.3) is 0 Å². The maximum atomic E-state index is 6.17. The first-order valence-corrected chi connectivity index (χ1v) is 8.45. The molecular weight excluding hydrogens is 345 g/mol. The van der Waals surface area contributed by atoms with E-state index in [9.17, 15) is 0 Å². The molecule has 0 bridgehead atoms. The minimum Gasteiger partial charge on any atom is -0.490 e. The van der Waals surface area contributed by atoms with Crippen LogP contribution in [0.4, 0.5) is 0 Å². The molecule has 0 aliphatic heterocycles. The lowest BCUT2D eigenvalue weighted by Gasteiger charge is -2.14. The van der Waals surface area contributed by atoms with E-state index in [1.165, 1.54) is 5.56 Å². The lowest BCUT2D eigenvalue weighted by Crippen LogP contribution is -2.13. The van der Waals surface area contributed by atoms with Gasteiger partial charge in [-0.15, -0.1) is 12.4 Å². The van der Waals surface area contributed by atoms with Crippen LogP contribution in [0, 0.1) is 0 Å². The standard InChI is InChI=1S/C19H24ClNO2.ClH/c1-3-11-21-13-15-9-10-18(19(12-15)22-4-2)23-14-16-7-5-6-8-17(16)20;/h5-10,12,21H,3-4,11,13-14H2,1-2H3;1H. The van der Waals surface area contributed by atoms with Crippen molar-refractivity contribution in [2.24, 2.45) is 0 Å². The third-order valence-electron chi connectivity index (χ3n) is 3.40. The molecule has 24 heavy (non-hydrogen) atoms. The number of nitrogens with one attached hydrogen (secondary N) is 1. The Kier molecular flexibility index (Phi) is 9.62. The fourth-order valence-electron chi connectivity index (χ4n) is 2.23. The SMILES string of the molecule is CCCNCc1ccc(OCc2ccccc2Cl)c(OCC)c1.Cl. The van der Waals surface area contributed by atoms with Gasteiger partial charge in [-0.3, -0.25) is 0 Å². The van der Waals surface area contributed by atoms with Crippen LogP contribution < -0.4 is 14.8 Å². The molecule has 0 aliphatic rings. The molecule has 2 rings (SSSR count). The van der Waals surface area contributed by atoms with E-state index in [1.807, 2.05) is 43.3 Å². The van der Waals surface area contributed by atoms with Gasteiger partial charge in [0.2, 0.25) is 0 Å². The smallest absolute Gasteiger partial charge is 0.161 e. The van der Waals surface area contributed by atoms with Crippen LogP contribution in [-0.2, 0) is 13.2 Å². The van der Waals surface area contributed by atoms with Crippen molar-refractivity contribution in [3.8, 4) is 11.5 Å². The Labute approximate surface area is 155 Å². The summed E-state index contributed by atoms with van der Waals surface area (Å²) < 4.78 is 11.6. The van der Waals surface area contributed by atoms with Crippen molar-refractivity contribution in [3.05, 3.63) is 58.6 Å². The number of rotatable bonds is 9. The molecule has 0 aliphatic carbocycles. The first-order chi connectivity index (χ1) is 11.2. The maximum absolute atomic E-state index is 6.17. The quantitative estimate of drug-likeness (QED) is 0.613. The predicted octanol–water partition coefficient (Wildman–Crippen LogP) is 5.24. The fraction of sp³-hybridized carbons (Fsp3) is 0.368. The molecule has 0 saturated carbocycles. The van der Waals surface area contributed by atoms with Gasteiger partial charge in [-0.05, 0) is 43.7 Å². The van der Waals surface area contributed by atoms with Gasteiger partial charge >= 0.3 is 0 Å². The molecule has 0 aromatic heterocycles. The van der Waals surface area contributed by atoms with E-state index in [0.29, 0.717) is 18.2 Å². The Hall–Kier alpha value is -1.42. The second-order valence-electron chi connectivity index (χ2n) is 5.27. The molecule has 0 atom stereocenters. The summed E-state index contributed by atoms with van der Waals surface area (Å²) in [6.45, 7) is 7.00. The van der Waals surface area contributed by atoms with Crippen LogP contribution in [0.5, 0.6) is 11.5 Å². The third-order valence-corrected chi connectivity index (χ3v) is 3.77. The van der Waals surface area contributed by atoms with E-state index in [4.69, 9.17) is 21.1 Å². The normalized spacial score (nSPS) is 10.1. The Morgan fingerprint density at radius 2 is 1.79 bits per heavy atom. The van der Waals surface area contributed by atoms with Gasteiger partial charge in [0.1, 0.15) is 6.61 Å². The van der Waals surface area contributed by atoms with Crippen LogP contribution >= 0.6 is 24.0 Å². The highest BCUT2D eigenvalue weighted by Crippen LogP contribution is 2.30. The summed E-state index contributed by atoms with van der Waals surface area (Å²) in [6.07, 6.45) is 1.12. The van der Waals surface area contributed by atoms with E-state index in [-0.39, 0.29) is 12.4 Å². The number of benzene rings is 2. The van der Waals surface area contributed by atoms with Crippen molar-refractivity contribution in [1.82, 2.24) is 5.32 Å². The molecule has 0 saturated heterocycles. The first kappa shape index (κ1) is 20.6. The lowest BCUT2D eigenvalue weighted by atomic mass is 10.2. The van der Waals surface area contributed by atoms with Crippen molar-refractivity contribution >= 4 is 24.0 Å². The molecule has 1 N–H and O–H groups in total. The summed E-state index contributed by atoms with van der Waals surface area (Å²) in [5.41, 5.74) is 2.15. The van der Waals surface area contributed by atoms with Crippen molar-refractivity contribution in [2.75, 3.05) is 13.2 Å². The highest BCUT2D eigenvalue weighted by atomic mass is 35.5. The molecule has 5 heteroatoms. The number of ether oxygens (including phenoxy) is 2. The van der Waals surface area contributed by atoms with Crippen LogP contribution in [-0.4, -0.2) is 13.2 Å². The number of hydrogen-bond acceptors (Lipinski definition) is 3. The largest absolute Gasteiger partial charge is 0.490 e. The van der Waals surface area contributed by atoms with Gasteiger partial charge in [0, 0.05) is 17.1 Å². The summed E-state index contributed by atoms with van der Waals surface area (Å²) in [7, 11) is 0. The van der Waals surface area contributed by atoms with E-state index in [2.05, 4.69) is 18.3 Å². The summed E-state index contributed by atoms with van der Waals surface area (Å²) in [5, 5.41) is 4.11. The molecule has 0 fully saturated rings. The summed E-state index contributed by atoms with van der Waals surface area (Å²) in [5.74, 6) is 1.52. The highest BCUT2D eigenvalue weighted by molar-refractivity contribution is 6.31. The zero-order valence-electron chi connectivity index (χ0n) is 14.2. The maximum Gasteiger partial charge on any atom is 0.161 e. The Morgan fingerprint density at radius 3 is 2.50 bits per heavy atom. The number of hydrogen-bond donors (Lipinski definition) is 1. The fourth-order valence-corrected chi connectivity index (χ4v) is 2.42. The van der Waals surface area contributed by atoms with Crippen molar-refractivity contribution in [1.29, 1.82) is 0 Å². The van der Waals surface area contributed by atoms with Gasteiger partial charge in [-0.2, -0.15) is 0 Å². The van der Waals surface area contributed by atoms with Crippen molar-refractivity contribution < 1.29 is 9.47 Å². The molecule has 0 heterocycles. The second kappa shape index (κ2) is 11.2. The van der Waals surface area contributed by atoms with Crippen LogP contribution in [0.1, 0.15) is 31.4 Å². The Bertz CT molecular complexity index is 620. The van der Waals surface area contributed by atoms with E-state index < -0.39 is 0 Å². The van der Waals surface area contributed by atoms with Crippen LogP contribution in [0.2, 0.25) is 5.02 Å². The van der Waals surface area contributed by atoms with Crippen LogP contribution in [0.3, 0.4) is 0 Å². The molecule has 0 radical (unpaired) electrons. The van der Waals surface area contributed by atoms with Gasteiger partial charge in [-0.25, -0.2) is 0 Å². The molecule has 2 aromatic carbocycles. The second-order valence-corrected chi connectivity index (χ2v) is 5.68.